The minimum Gasteiger partial charge on any atom is -0.446 e. The number of ether oxygens (including phenoxy) is 12. The Balaban J connectivity index is 0.681. The summed E-state index contributed by atoms with van der Waals surface area (Å²) in [4.78, 5) is 58.8. The minimum absolute atomic E-state index is 0.00755. The summed E-state index contributed by atoms with van der Waals surface area (Å²) >= 11 is 0. The molecule has 0 atom stereocenters. The van der Waals surface area contributed by atoms with Gasteiger partial charge in [0.1, 0.15) is 22.6 Å². The predicted octanol–water partition coefficient (Wildman–Crippen LogP) is 5.76. The summed E-state index contributed by atoms with van der Waals surface area (Å²) in [5.74, 6) is -12.5. The first kappa shape index (κ1) is 77.8. The number of amides is 2. The maximum absolute atomic E-state index is 14.0. The quantitative estimate of drug-likeness (QED) is 0.0151. The summed E-state index contributed by atoms with van der Waals surface area (Å²) in [6.45, 7) is 9.47. The van der Waals surface area contributed by atoms with Crippen molar-refractivity contribution in [3.8, 4) is 16.9 Å². The van der Waals surface area contributed by atoms with Crippen LogP contribution in [0.3, 0.4) is 0 Å². The van der Waals surface area contributed by atoms with Gasteiger partial charge in [-0.15, -0.1) is 0 Å². The van der Waals surface area contributed by atoms with E-state index in [4.69, 9.17) is 62.4 Å². The zero-order valence-electron chi connectivity index (χ0n) is 53.3. The van der Waals surface area contributed by atoms with Gasteiger partial charge in [-0.2, -0.15) is 21.5 Å². The summed E-state index contributed by atoms with van der Waals surface area (Å²) in [5.41, 5.74) is 9.31. The van der Waals surface area contributed by atoms with E-state index in [1.54, 1.807) is 29.3 Å². The zero-order valence-corrected chi connectivity index (χ0v) is 54.9. The number of sulfonamides is 1. The number of alkyl carbamates (subject to hydrolysis) is 1. The van der Waals surface area contributed by atoms with E-state index in [9.17, 15) is 53.6 Å². The van der Waals surface area contributed by atoms with Gasteiger partial charge in [0.15, 0.2) is 16.5 Å². The number of rotatable bonds is 49. The number of carbonyl (C=O) groups is 4. The molecule has 0 radical (unpaired) electrons. The highest BCUT2D eigenvalue weighted by atomic mass is 32.2. The van der Waals surface area contributed by atoms with Crippen molar-refractivity contribution in [1.82, 2.24) is 19.5 Å². The van der Waals surface area contributed by atoms with Crippen molar-refractivity contribution in [2.45, 2.75) is 87.0 Å². The Bertz CT molecular complexity index is 3210. The van der Waals surface area contributed by atoms with Crippen LogP contribution in [-0.4, -0.2) is 236 Å². The van der Waals surface area contributed by atoms with Gasteiger partial charge in [-0.1, -0.05) is 19.1 Å². The number of fused-ring (bicyclic) bond motifs is 1. The molecule has 0 bridgehead atoms. The lowest BCUT2D eigenvalue weighted by Crippen LogP contribution is -2.49. The highest BCUT2D eigenvalue weighted by Crippen LogP contribution is 2.36. The van der Waals surface area contributed by atoms with Gasteiger partial charge in [0.2, 0.25) is 33.3 Å². The Hall–Kier alpha value is -6.18. The van der Waals surface area contributed by atoms with E-state index < -0.39 is 72.5 Å². The molecule has 27 nitrogen and oxygen atoms in total. The van der Waals surface area contributed by atoms with Crippen molar-refractivity contribution in [2.24, 2.45) is 16.6 Å². The van der Waals surface area contributed by atoms with Crippen LogP contribution in [-0.2, 0) is 86.6 Å². The second kappa shape index (κ2) is 41.8. The van der Waals surface area contributed by atoms with Crippen molar-refractivity contribution in [3.05, 3.63) is 71.1 Å². The molecule has 3 aliphatic rings. The SMILES string of the molecule is CCCN(CCCNC(=O)OC1CCC1)C(=O)C1=Cc2ccc(-c3cncc(S(=O)(=O)N4CC(CCC(=O)CCOCCOCCOCCOCCOCCOCCOCCOCCOCCOCCC(=O)Oc5c(F)c(F)c(S(=O)(=O)O)c(F)c5F)C4)c3)cc2N=C(N)C1. The van der Waals surface area contributed by atoms with Crippen LogP contribution in [0.4, 0.5) is 28.0 Å². The van der Waals surface area contributed by atoms with Crippen molar-refractivity contribution in [3.63, 3.8) is 0 Å². The van der Waals surface area contributed by atoms with Gasteiger partial charge in [-0.3, -0.25) is 23.9 Å². The third kappa shape index (κ3) is 27.0. The molecule has 33 heteroatoms. The first-order valence-corrected chi connectivity index (χ1v) is 34.3. The van der Waals surface area contributed by atoms with E-state index in [0.29, 0.717) is 172 Å². The van der Waals surface area contributed by atoms with E-state index in [0.717, 1.165) is 25.7 Å². The van der Waals surface area contributed by atoms with E-state index >= 15 is 0 Å². The minimum atomic E-state index is -5.66. The van der Waals surface area contributed by atoms with E-state index in [2.05, 4.69) is 20.0 Å². The molecule has 2 fully saturated rings. The molecular formula is C62H86F4N6O21S2. The lowest BCUT2D eigenvalue weighted by Gasteiger charge is -2.38. The van der Waals surface area contributed by atoms with Gasteiger partial charge < -0.3 is 72.8 Å². The Morgan fingerprint density at radius 2 is 1.18 bits per heavy atom. The van der Waals surface area contributed by atoms with Crippen molar-refractivity contribution in [2.75, 3.05) is 165 Å². The summed E-state index contributed by atoms with van der Waals surface area (Å²) in [5, 5.41) is 2.78. The lowest BCUT2D eigenvalue weighted by atomic mass is 9.95. The van der Waals surface area contributed by atoms with Crippen LogP contribution >= 0.6 is 0 Å². The largest absolute Gasteiger partial charge is 0.446 e. The topological polar surface area (TPSA) is 337 Å². The number of nitrogens with two attached hydrogens (primary N) is 1. The number of esters is 1. The molecular weight excluding hydrogens is 1300 g/mol. The number of aliphatic imine (C=N–C) groups is 1. The van der Waals surface area contributed by atoms with Gasteiger partial charge in [-0.05, 0) is 68.2 Å². The predicted molar refractivity (Wildman–Crippen MR) is 333 cm³/mol. The van der Waals surface area contributed by atoms with Crippen LogP contribution in [0.5, 0.6) is 5.75 Å². The molecule has 3 heterocycles. The van der Waals surface area contributed by atoms with Crippen molar-refractivity contribution >= 4 is 61.5 Å². The average Bonchev–Trinajstić information content (AvgIpc) is 1.03. The highest BCUT2D eigenvalue weighted by molar-refractivity contribution is 7.89. The normalized spacial score (nSPS) is 14.5. The van der Waals surface area contributed by atoms with Crippen LogP contribution in [0.2, 0.25) is 0 Å². The number of carbonyl (C=O) groups excluding carboxylic acids is 4. The first-order valence-electron chi connectivity index (χ1n) is 31.5. The summed E-state index contributed by atoms with van der Waals surface area (Å²) < 4.78 is 179. The number of nitrogens with zero attached hydrogens (tertiary/aromatic N) is 4. The van der Waals surface area contributed by atoms with Gasteiger partial charge in [0, 0.05) is 81.1 Å². The van der Waals surface area contributed by atoms with Crippen LogP contribution in [0, 0.1) is 29.2 Å². The third-order valence-electron chi connectivity index (χ3n) is 14.7. The Morgan fingerprint density at radius 3 is 1.67 bits per heavy atom. The fourth-order valence-electron chi connectivity index (χ4n) is 9.39. The molecule has 95 heavy (non-hydrogen) atoms. The number of halogens is 4. The molecule has 1 aromatic heterocycles. The summed E-state index contributed by atoms with van der Waals surface area (Å²) in [7, 11) is -9.52. The molecule has 3 aromatic rings. The summed E-state index contributed by atoms with van der Waals surface area (Å²) in [6.07, 6.45) is 9.10. The molecule has 0 unspecified atom stereocenters. The fourth-order valence-corrected chi connectivity index (χ4v) is 11.6. The molecule has 2 amide bonds. The van der Waals surface area contributed by atoms with Crippen LogP contribution in [0.15, 0.2) is 57.0 Å². The second-order valence-electron chi connectivity index (χ2n) is 21.9. The second-order valence-corrected chi connectivity index (χ2v) is 25.2. The summed E-state index contributed by atoms with van der Waals surface area (Å²) in [6, 6.07) is 7.03. The monoisotopic (exact) mass is 1390 g/mol. The number of benzene rings is 2. The molecule has 6 rings (SSSR count). The molecule has 2 aromatic carbocycles. The fraction of sp³-hybridized carbons (Fsp3) is 0.613. The molecule has 530 valence electrons. The molecule has 4 N–H and O–H groups in total. The Morgan fingerprint density at radius 1 is 0.663 bits per heavy atom. The number of hydrogen-bond donors (Lipinski definition) is 3. The van der Waals surface area contributed by atoms with E-state index in [1.165, 1.54) is 10.5 Å². The average molecular weight is 1390 g/mol. The van der Waals surface area contributed by atoms with E-state index in [1.807, 2.05) is 19.1 Å². The molecule has 1 saturated heterocycles. The Labute approximate surface area is 550 Å². The van der Waals surface area contributed by atoms with Crippen LogP contribution in [0.25, 0.3) is 17.2 Å². The number of pyridine rings is 1. The number of amidine groups is 1. The number of nitrogens with one attached hydrogen (secondary N) is 1. The van der Waals surface area contributed by atoms with Crippen molar-refractivity contribution in [1.29, 1.82) is 0 Å². The number of Topliss-reactive ketones (excluding diaryl/α,β-unsaturated/α-hetero) is 1. The number of aromatic nitrogens is 1. The molecule has 2 aliphatic heterocycles. The van der Waals surface area contributed by atoms with Crippen LogP contribution in [0.1, 0.15) is 76.7 Å². The zero-order chi connectivity index (χ0) is 68.4. The Kier molecular flexibility index (Phi) is 34.3. The first-order chi connectivity index (χ1) is 45.8. The van der Waals surface area contributed by atoms with Gasteiger partial charge in [-0.25, -0.2) is 27.0 Å². The standard InChI is InChI=1S/C62H86F4N6O21S2/c1-2-14-71(15-4-13-69-62(76)92-50-5-3-6-50)61(75)47-36-46-9-8-45(38-52(46)70-53(67)39-47)48-37-51(41-68-40-48)94(77,78)72-42-44(43-72)7-10-49(73)11-16-82-18-20-84-22-24-86-26-28-88-30-32-90-34-35-91-33-31-89-29-27-87-25-23-85-21-19-83-17-12-54(74)93-59-55(63)57(65)60(95(79,80)81)58(66)56(59)64/h8-9,36-38,40-41,44,50H,2-7,10-35,39,42-43H2,1H3,(H2,67,70)(H,69,76)(H,79,80,81). The molecule has 1 saturated carbocycles. The smallest absolute Gasteiger partial charge is 0.407 e. The van der Waals surface area contributed by atoms with E-state index in [-0.39, 0.29) is 86.9 Å². The molecule has 0 spiro atoms. The van der Waals surface area contributed by atoms with Gasteiger partial charge in [0.05, 0.1) is 144 Å². The number of hydrogen-bond acceptors (Lipinski definition) is 23. The lowest BCUT2D eigenvalue weighted by molar-refractivity contribution is -0.136. The third-order valence-corrected chi connectivity index (χ3v) is 17.3. The van der Waals surface area contributed by atoms with Gasteiger partial charge in [0.25, 0.3) is 0 Å². The number of ketones is 1. The molecule has 1 aliphatic carbocycles. The maximum atomic E-state index is 14.0. The maximum Gasteiger partial charge on any atom is 0.407 e. The van der Waals surface area contributed by atoms with Crippen LogP contribution < -0.4 is 15.8 Å². The highest BCUT2D eigenvalue weighted by Gasteiger charge is 2.38. The van der Waals surface area contributed by atoms with Gasteiger partial charge >= 0.3 is 22.2 Å². The van der Waals surface area contributed by atoms with Crippen molar-refractivity contribution < 1.29 is 115 Å².